The molecule has 1 aromatic heterocycles. The van der Waals surface area contributed by atoms with Gasteiger partial charge in [0.25, 0.3) is 0 Å². The van der Waals surface area contributed by atoms with Crippen LogP contribution in [0, 0.1) is 0 Å². The zero-order chi connectivity index (χ0) is 14.2. The third-order valence-electron chi connectivity index (χ3n) is 3.27. The van der Waals surface area contributed by atoms with Gasteiger partial charge >= 0.3 is 0 Å². The predicted octanol–water partition coefficient (Wildman–Crippen LogP) is 3.28. The SMILES string of the molecule is CC1(C)OCC(c2cccc(-c3ccc(O)cc3)n2)O1. The number of phenols is 1. The first-order valence-corrected chi connectivity index (χ1v) is 6.62. The van der Waals surface area contributed by atoms with E-state index in [1.807, 2.05) is 44.2 Å². The highest BCUT2D eigenvalue weighted by Crippen LogP contribution is 2.32. The van der Waals surface area contributed by atoms with Crippen LogP contribution in [0.3, 0.4) is 0 Å². The lowest BCUT2D eigenvalue weighted by atomic mass is 10.1. The van der Waals surface area contributed by atoms with E-state index in [0.29, 0.717) is 6.61 Å². The molecule has 0 saturated carbocycles. The molecular weight excluding hydrogens is 254 g/mol. The van der Waals surface area contributed by atoms with Crippen molar-refractivity contribution in [3.8, 4) is 17.0 Å². The summed E-state index contributed by atoms with van der Waals surface area (Å²) < 4.78 is 11.4. The highest BCUT2D eigenvalue weighted by atomic mass is 16.7. The Balaban J connectivity index is 1.88. The third-order valence-corrected chi connectivity index (χ3v) is 3.27. The molecule has 104 valence electrons. The number of nitrogens with zero attached hydrogens (tertiary/aromatic N) is 1. The van der Waals surface area contributed by atoms with E-state index in [1.165, 1.54) is 0 Å². The number of aromatic nitrogens is 1. The van der Waals surface area contributed by atoms with E-state index in [0.717, 1.165) is 17.0 Å². The zero-order valence-electron chi connectivity index (χ0n) is 11.5. The number of phenolic OH excluding ortho intramolecular Hbond substituents is 1. The van der Waals surface area contributed by atoms with E-state index in [4.69, 9.17) is 9.47 Å². The molecule has 0 aliphatic carbocycles. The Morgan fingerprint density at radius 3 is 2.55 bits per heavy atom. The van der Waals surface area contributed by atoms with Crippen LogP contribution in [0.2, 0.25) is 0 Å². The predicted molar refractivity (Wildman–Crippen MR) is 75.2 cm³/mol. The molecule has 1 unspecified atom stereocenters. The molecular formula is C16H17NO3. The van der Waals surface area contributed by atoms with Gasteiger partial charge in [-0.25, -0.2) is 4.98 Å². The molecule has 2 aromatic rings. The second-order valence-corrected chi connectivity index (χ2v) is 5.31. The monoisotopic (exact) mass is 271 g/mol. The molecule has 0 amide bonds. The van der Waals surface area contributed by atoms with E-state index >= 15 is 0 Å². The summed E-state index contributed by atoms with van der Waals surface area (Å²) in [7, 11) is 0. The Hall–Kier alpha value is -1.91. The summed E-state index contributed by atoms with van der Waals surface area (Å²) in [6.45, 7) is 4.31. The molecule has 0 radical (unpaired) electrons. The number of benzene rings is 1. The number of hydrogen-bond donors (Lipinski definition) is 1. The first-order valence-electron chi connectivity index (χ1n) is 6.62. The Labute approximate surface area is 118 Å². The van der Waals surface area contributed by atoms with E-state index in [2.05, 4.69) is 4.98 Å². The zero-order valence-corrected chi connectivity index (χ0v) is 11.5. The van der Waals surface area contributed by atoms with Crippen LogP contribution in [0.4, 0.5) is 0 Å². The van der Waals surface area contributed by atoms with Crippen LogP contribution < -0.4 is 0 Å². The van der Waals surface area contributed by atoms with Crippen LogP contribution in [0.25, 0.3) is 11.3 Å². The van der Waals surface area contributed by atoms with Crippen molar-refractivity contribution in [2.75, 3.05) is 6.61 Å². The first-order chi connectivity index (χ1) is 9.53. The van der Waals surface area contributed by atoms with Crippen LogP contribution in [0.5, 0.6) is 5.75 Å². The van der Waals surface area contributed by atoms with Gasteiger partial charge in [-0.15, -0.1) is 0 Å². The quantitative estimate of drug-likeness (QED) is 0.910. The lowest BCUT2D eigenvalue weighted by Gasteiger charge is -2.17. The lowest BCUT2D eigenvalue weighted by Crippen LogP contribution is -2.19. The molecule has 1 N–H and O–H groups in total. The number of ether oxygens (including phenoxy) is 2. The molecule has 1 aliphatic heterocycles. The Bertz CT molecular complexity index is 607. The molecule has 1 saturated heterocycles. The van der Waals surface area contributed by atoms with Gasteiger partial charge in [0.05, 0.1) is 18.0 Å². The minimum Gasteiger partial charge on any atom is -0.508 e. The summed E-state index contributed by atoms with van der Waals surface area (Å²) in [6, 6.07) is 12.8. The molecule has 2 heterocycles. The molecule has 3 rings (SSSR count). The summed E-state index contributed by atoms with van der Waals surface area (Å²) in [5.41, 5.74) is 2.68. The molecule has 4 heteroatoms. The fourth-order valence-corrected chi connectivity index (χ4v) is 2.26. The molecule has 0 spiro atoms. The van der Waals surface area contributed by atoms with Gasteiger partial charge in [0.15, 0.2) is 5.79 Å². The summed E-state index contributed by atoms with van der Waals surface area (Å²) >= 11 is 0. The third kappa shape index (κ3) is 2.66. The van der Waals surface area contributed by atoms with Crippen LogP contribution in [0.15, 0.2) is 42.5 Å². The standard InChI is InChI=1S/C16H17NO3/c1-16(2)19-10-15(20-16)14-5-3-4-13(17-14)11-6-8-12(18)9-7-11/h3-9,15,18H,10H2,1-2H3. The van der Waals surface area contributed by atoms with Crippen molar-refractivity contribution >= 4 is 0 Å². The van der Waals surface area contributed by atoms with Gasteiger partial charge < -0.3 is 14.6 Å². The van der Waals surface area contributed by atoms with E-state index in [1.54, 1.807) is 12.1 Å². The van der Waals surface area contributed by atoms with Crippen LogP contribution in [0.1, 0.15) is 25.6 Å². The number of pyridine rings is 1. The van der Waals surface area contributed by atoms with Crippen LogP contribution >= 0.6 is 0 Å². The van der Waals surface area contributed by atoms with Gasteiger partial charge in [0.1, 0.15) is 11.9 Å². The highest BCUT2D eigenvalue weighted by Gasteiger charge is 2.34. The molecule has 1 fully saturated rings. The molecule has 1 atom stereocenters. The number of aromatic hydroxyl groups is 1. The second-order valence-electron chi connectivity index (χ2n) is 5.31. The molecule has 0 bridgehead atoms. The van der Waals surface area contributed by atoms with E-state index in [9.17, 15) is 5.11 Å². The molecule has 1 aromatic carbocycles. The Kier molecular flexibility index (Phi) is 3.20. The molecule has 4 nitrogen and oxygen atoms in total. The van der Waals surface area contributed by atoms with Crippen molar-refractivity contribution in [2.45, 2.75) is 25.7 Å². The largest absolute Gasteiger partial charge is 0.508 e. The first kappa shape index (κ1) is 13.1. The van der Waals surface area contributed by atoms with Gasteiger partial charge in [-0.1, -0.05) is 6.07 Å². The number of rotatable bonds is 2. The van der Waals surface area contributed by atoms with Crippen LogP contribution in [-0.4, -0.2) is 22.5 Å². The van der Waals surface area contributed by atoms with Gasteiger partial charge in [-0.2, -0.15) is 0 Å². The van der Waals surface area contributed by atoms with Crippen molar-refractivity contribution in [1.82, 2.24) is 4.98 Å². The van der Waals surface area contributed by atoms with Crippen molar-refractivity contribution in [2.24, 2.45) is 0 Å². The summed E-state index contributed by atoms with van der Waals surface area (Å²) in [5.74, 6) is -0.305. The fraction of sp³-hybridized carbons (Fsp3) is 0.312. The molecule has 20 heavy (non-hydrogen) atoms. The maximum Gasteiger partial charge on any atom is 0.163 e. The highest BCUT2D eigenvalue weighted by molar-refractivity contribution is 5.60. The van der Waals surface area contributed by atoms with E-state index in [-0.39, 0.29) is 11.9 Å². The normalized spacial score (nSPS) is 21.0. The van der Waals surface area contributed by atoms with Crippen LogP contribution in [-0.2, 0) is 9.47 Å². The summed E-state index contributed by atoms with van der Waals surface area (Å²) in [6.07, 6.45) is -0.137. The van der Waals surface area contributed by atoms with Crippen molar-refractivity contribution in [3.63, 3.8) is 0 Å². The van der Waals surface area contributed by atoms with Gasteiger partial charge in [-0.3, -0.25) is 0 Å². The van der Waals surface area contributed by atoms with Gasteiger partial charge in [-0.05, 0) is 50.2 Å². The maximum absolute atomic E-state index is 9.33. The van der Waals surface area contributed by atoms with Gasteiger partial charge in [0, 0.05) is 5.56 Å². The van der Waals surface area contributed by atoms with Crippen molar-refractivity contribution < 1.29 is 14.6 Å². The average Bonchev–Trinajstić information content (AvgIpc) is 2.80. The van der Waals surface area contributed by atoms with Gasteiger partial charge in [0.2, 0.25) is 0 Å². The topological polar surface area (TPSA) is 51.6 Å². The fourth-order valence-electron chi connectivity index (χ4n) is 2.26. The maximum atomic E-state index is 9.33. The second kappa shape index (κ2) is 4.89. The summed E-state index contributed by atoms with van der Waals surface area (Å²) in [5, 5.41) is 9.33. The minimum atomic E-state index is -0.555. The van der Waals surface area contributed by atoms with Crippen molar-refractivity contribution in [3.05, 3.63) is 48.2 Å². The van der Waals surface area contributed by atoms with E-state index < -0.39 is 5.79 Å². The summed E-state index contributed by atoms with van der Waals surface area (Å²) in [4.78, 5) is 4.63. The molecule has 1 aliphatic rings. The van der Waals surface area contributed by atoms with Crippen molar-refractivity contribution in [1.29, 1.82) is 0 Å². The average molecular weight is 271 g/mol. The Morgan fingerprint density at radius 2 is 1.90 bits per heavy atom. The Morgan fingerprint density at radius 1 is 1.15 bits per heavy atom. The lowest BCUT2D eigenvalue weighted by molar-refractivity contribution is -0.139. The smallest absolute Gasteiger partial charge is 0.163 e. The number of hydrogen-bond acceptors (Lipinski definition) is 4. The minimum absolute atomic E-state index is 0.137.